The van der Waals surface area contributed by atoms with Gasteiger partial charge in [0.1, 0.15) is 0 Å². The predicted molar refractivity (Wildman–Crippen MR) is 146 cm³/mol. The van der Waals surface area contributed by atoms with E-state index in [0.717, 1.165) is 42.5 Å². The smallest absolute Gasteiger partial charge is 0.303 e. The molecule has 3 N–H and O–H groups in total. The van der Waals surface area contributed by atoms with Gasteiger partial charge in [-0.3, -0.25) is 14.4 Å². The highest BCUT2D eigenvalue weighted by Crippen LogP contribution is 2.37. The number of carbonyl (C=O) groups is 3. The number of carbonyl (C=O) groups excluding carboxylic acids is 2. The molecule has 0 spiro atoms. The van der Waals surface area contributed by atoms with Gasteiger partial charge in [0.15, 0.2) is 0 Å². The molecule has 1 saturated carbocycles. The summed E-state index contributed by atoms with van der Waals surface area (Å²) < 4.78 is 0. The largest absolute Gasteiger partial charge is 0.481 e. The summed E-state index contributed by atoms with van der Waals surface area (Å²) in [7, 11) is 0. The monoisotopic (exact) mass is 498 g/mol. The molecule has 1 aliphatic rings. The summed E-state index contributed by atoms with van der Waals surface area (Å²) in [6.45, 7) is 2.31. The quantitative estimate of drug-likeness (QED) is 0.329. The van der Waals surface area contributed by atoms with Crippen molar-refractivity contribution in [2.45, 2.75) is 51.4 Å². The molecule has 2 amide bonds. The number of nitrogens with one attached hydrogen (secondary N) is 2. The lowest BCUT2D eigenvalue weighted by atomic mass is 9.77. The van der Waals surface area contributed by atoms with Crippen LogP contribution in [-0.4, -0.2) is 29.4 Å². The lowest BCUT2D eigenvalue weighted by Crippen LogP contribution is -2.27. The van der Waals surface area contributed by atoms with Crippen LogP contribution in [0.15, 0.2) is 72.8 Å². The molecule has 0 unspecified atom stereocenters. The minimum Gasteiger partial charge on any atom is -0.481 e. The molecule has 0 heterocycles. The highest BCUT2D eigenvalue weighted by atomic mass is 16.4. The first-order valence-electron chi connectivity index (χ1n) is 12.9. The van der Waals surface area contributed by atoms with Crippen molar-refractivity contribution in [2.24, 2.45) is 5.92 Å². The number of aryl methyl sites for hydroxylation is 1. The van der Waals surface area contributed by atoms with Crippen LogP contribution in [0.3, 0.4) is 0 Å². The Labute approximate surface area is 218 Å². The van der Waals surface area contributed by atoms with Crippen LogP contribution in [0.25, 0.3) is 11.1 Å². The average molecular weight is 499 g/mol. The maximum atomic E-state index is 12.5. The second kappa shape index (κ2) is 12.3. The van der Waals surface area contributed by atoms with Crippen molar-refractivity contribution in [1.29, 1.82) is 0 Å². The maximum Gasteiger partial charge on any atom is 0.303 e. The van der Waals surface area contributed by atoms with Crippen molar-refractivity contribution >= 4 is 23.5 Å². The summed E-state index contributed by atoms with van der Waals surface area (Å²) in [5.74, 6) is -0.346. The lowest BCUT2D eigenvalue weighted by Gasteiger charge is -2.28. The van der Waals surface area contributed by atoms with Crippen LogP contribution in [0.4, 0.5) is 5.69 Å². The predicted octanol–water partition coefficient (Wildman–Crippen LogP) is 6.17. The minimum atomic E-state index is -0.712. The number of carboxylic acids is 1. The molecule has 4 rings (SSSR count). The molecule has 1 aliphatic carbocycles. The fourth-order valence-corrected chi connectivity index (χ4v) is 5.10. The van der Waals surface area contributed by atoms with Gasteiger partial charge in [-0.25, -0.2) is 0 Å². The van der Waals surface area contributed by atoms with E-state index >= 15 is 0 Å². The Morgan fingerprint density at radius 3 is 2.19 bits per heavy atom. The molecule has 0 bridgehead atoms. The van der Waals surface area contributed by atoms with Gasteiger partial charge in [-0.1, -0.05) is 48.5 Å². The summed E-state index contributed by atoms with van der Waals surface area (Å²) in [6, 6.07) is 23.5. The molecule has 0 aliphatic heterocycles. The van der Waals surface area contributed by atoms with Gasteiger partial charge < -0.3 is 15.7 Å². The van der Waals surface area contributed by atoms with Crippen LogP contribution in [0.1, 0.15) is 65.9 Å². The molecule has 0 radical (unpaired) electrons. The number of aliphatic carboxylic acids is 1. The normalized spacial score (nSPS) is 17.1. The van der Waals surface area contributed by atoms with E-state index in [4.69, 9.17) is 5.11 Å². The summed E-state index contributed by atoms with van der Waals surface area (Å²) in [5, 5.41) is 14.7. The van der Waals surface area contributed by atoms with Gasteiger partial charge in [0.25, 0.3) is 5.91 Å². The first-order valence-corrected chi connectivity index (χ1v) is 12.9. The summed E-state index contributed by atoms with van der Waals surface area (Å²) in [4.78, 5) is 35.8. The number of hydrogen-bond donors (Lipinski definition) is 3. The molecule has 1 fully saturated rings. The van der Waals surface area contributed by atoms with Gasteiger partial charge in [0.05, 0.1) is 0 Å². The van der Waals surface area contributed by atoms with Gasteiger partial charge in [0, 0.05) is 30.6 Å². The third-order valence-corrected chi connectivity index (χ3v) is 7.22. The summed E-state index contributed by atoms with van der Waals surface area (Å²) in [6.07, 6.45) is 4.33. The Kier molecular flexibility index (Phi) is 8.72. The van der Waals surface area contributed by atoms with Crippen LogP contribution >= 0.6 is 0 Å². The first-order chi connectivity index (χ1) is 17.9. The van der Waals surface area contributed by atoms with Crippen molar-refractivity contribution in [2.75, 3.05) is 11.9 Å². The van der Waals surface area contributed by atoms with E-state index < -0.39 is 5.97 Å². The van der Waals surface area contributed by atoms with Crippen LogP contribution in [0, 0.1) is 12.8 Å². The number of amides is 2. The number of hydrogen-bond acceptors (Lipinski definition) is 3. The van der Waals surface area contributed by atoms with Crippen molar-refractivity contribution in [3.63, 3.8) is 0 Å². The zero-order chi connectivity index (χ0) is 26.2. The lowest BCUT2D eigenvalue weighted by molar-refractivity contribution is -0.138. The molecular formula is C31H34N2O4. The molecule has 0 aromatic heterocycles. The SMILES string of the molecule is Cc1ccccc1-c1ccc(C(=O)NCCC(=O)Nc2ccc([C@H]3CC[C@H](CC(=O)O)CC3)cc2)cc1. The Balaban J connectivity index is 1.20. The van der Waals surface area contributed by atoms with Crippen LogP contribution in [0.5, 0.6) is 0 Å². The van der Waals surface area contributed by atoms with Crippen LogP contribution in [-0.2, 0) is 9.59 Å². The zero-order valence-corrected chi connectivity index (χ0v) is 21.2. The van der Waals surface area contributed by atoms with E-state index in [-0.39, 0.29) is 37.1 Å². The number of anilines is 1. The molecule has 6 heteroatoms. The van der Waals surface area contributed by atoms with Crippen molar-refractivity contribution in [1.82, 2.24) is 5.32 Å². The van der Waals surface area contributed by atoms with Gasteiger partial charge in [-0.05, 0) is 91.0 Å². The second-order valence-corrected chi connectivity index (χ2v) is 9.88. The zero-order valence-electron chi connectivity index (χ0n) is 21.2. The Morgan fingerprint density at radius 1 is 0.865 bits per heavy atom. The maximum absolute atomic E-state index is 12.5. The summed E-state index contributed by atoms with van der Waals surface area (Å²) in [5.41, 5.74) is 5.90. The van der Waals surface area contributed by atoms with Crippen LogP contribution in [0.2, 0.25) is 0 Å². The van der Waals surface area contributed by atoms with Gasteiger partial charge in [-0.2, -0.15) is 0 Å². The van der Waals surface area contributed by atoms with Crippen molar-refractivity contribution < 1.29 is 19.5 Å². The molecule has 37 heavy (non-hydrogen) atoms. The fraction of sp³-hybridized carbons (Fsp3) is 0.323. The van der Waals surface area contributed by atoms with Gasteiger partial charge >= 0.3 is 5.97 Å². The van der Waals surface area contributed by atoms with E-state index in [0.29, 0.717) is 11.5 Å². The van der Waals surface area contributed by atoms with Crippen LogP contribution < -0.4 is 10.6 Å². The van der Waals surface area contributed by atoms with E-state index in [2.05, 4.69) is 29.7 Å². The number of rotatable bonds is 9. The number of carboxylic acid groups (broad SMARTS) is 1. The van der Waals surface area contributed by atoms with Crippen molar-refractivity contribution in [3.05, 3.63) is 89.5 Å². The van der Waals surface area contributed by atoms with E-state index in [1.54, 1.807) is 12.1 Å². The van der Waals surface area contributed by atoms with E-state index in [1.165, 1.54) is 11.1 Å². The Hall–Kier alpha value is -3.93. The third-order valence-electron chi connectivity index (χ3n) is 7.22. The minimum absolute atomic E-state index is 0.155. The summed E-state index contributed by atoms with van der Waals surface area (Å²) >= 11 is 0. The second-order valence-electron chi connectivity index (χ2n) is 9.88. The molecule has 3 aromatic rings. The number of benzene rings is 3. The van der Waals surface area contributed by atoms with Gasteiger partial charge in [0.2, 0.25) is 5.91 Å². The Morgan fingerprint density at radius 2 is 1.54 bits per heavy atom. The highest BCUT2D eigenvalue weighted by molar-refractivity contribution is 5.95. The highest BCUT2D eigenvalue weighted by Gasteiger charge is 2.24. The average Bonchev–Trinajstić information content (AvgIpc) is 2.90. The third kappa shape index (κ3) is 7.29. The van der Waals surface area contributed by atoms with E-state index in [9.17, 15) is 14.4 Å². The van der Waals surface area contributed by atoms with Crippen molar-refractivity contribution in [3.8, 4) is 11.1 Å². The van der Waals surface area contributed by atoms with E-state index in [1.807, 2.05) is 48.5 Å². The Bertz CT molecular complexity index is 1230. The molecule has 3 aromatic carbocycles. The first kappa shape index (κ1) is 26.1. The molecular weight excluding hydrogens is 464 g/mol. The van der Waals surface area contributed by atoms with Gasteiger partial charge in [-0.15, -0.1) is 0 Å². The standard InChI is InChI=1S/C31H34N2O4/c1-21-4-2-3-5-28(21)25-10-12-26(13-11-25)31(37)32-19-18-29(34)33-27-16-14-24(15-17-27)23-8-6-22(7-9-23)20-30(35)36/h2-5,10-17,22-23H,6-9,18-20H2,1H3,(H,32,37)(H,33,34)(H,35,36)/t22-,23-. The molecule has 6 nitrogen and oxygen atoms in total. The fourth-order valence-electron chi connectivity index (χ4n) is 5.10. The topological polar surface area (TPSA) is 95.5 Å². The molecule has 192 valence electrons. The molecule has 0 saturated heterocycles. The molecule has 0 atom stereocenters.